The maximum atomic E-state index is 10.9. The standard InChI is InChI=1S/C13H13NO2/c1-3-4-13(16-10(2)15)12-7-5-11(9-14)6-8-12/h3,5-8,13H,1,4H2,2H3. The third-order valence-electron chi connectivity index (χ3n) is 2.10. The fourth-order valence-electron chi connectivity index (χ4n) is 1.38. The Morgan fingerprint density at radius 1 is 1.56 bits per heavy atom. The molecule has 0 saturated heterocycles. The molecular formula is C13H13NO2. The minimum atomic E-state index is -0.323. The van der Waals surface area contributed by atoms with E-state index >= 15 is 0 Å². The highest BCUT2D eigenvalue weighted by atomic mass is 16.5. The zero-order chi connectivity index (χ0) is 12.0. The lowest BCUT2D eigenvalue weighted by molar-refractivity contribution is -0.146. The Hall–Kier alpha value is -2.08. The van der Waals surface area contributed by atoms with E-state index in [-0.39, 0.29) is 12.1 Å². The quantitative estimate of drug-likeness (QED) is 0.573. The predicted octanol–water partition coefficient (Wildman–Crippen LogP) is 2.74. The lowest BCUT2D eigenvalue weighted by Crippen LogP contribution is -2.07. The molecule has 0 N–H and O–H groups in total. The van der Waals surface area contributed by atoms with Gasteiger partial charge in [-0.3, -0.25) is 4.79 Å². The van der Waals surface area contributed by atoms with Crippen molar-refractivity contribution in [3.8, 4) is 6.07 Å². The molecule has 0 bridgehead atoms. The molecule has 0 heterocycles. The minimum Gasteiger partial charge on any atom is -0.457 e. The first-order valence-corrected chi connectivity index (χ1v) is 4.95. The summed E-state index contributed by atoms with van der Waals surface area (Å²) in [5.41, 5.74) is 1.46. The lowest BCUT2D eigenvalue weighted by Gasteiger charge is -2.15. The Morgan fingerprint density at radius 3 is 2.62 bits per heavy atom. The summed E-state index contributed by atoms with van der Waals surface area (Å²) in [5.74, 6) is -0.323. The van der Waals surface area contributed by atoms with E-state index in [0.717, 1.165) is 5.56 Å². The molecule has 1 aromatic carbocycles. The van der Waals surface area contributed by atoms with Gasteiger partial charge in [-0.25, -0.2) is 0 Å². The molecular weight excluding hydrogens is 202 g/mol. The molecule has 1 aromatic rings. The highest BCUT2D eigenvalue weighted by molar-refractivity contribution is 5.66. The zero-order valence-electron chi connectivity index (χ0n) is 9.14. The number of carbonyl (C=O) groups excluding carboxylic acids is 1. The molecule has 1 unspecified atom stereocenters. The zero-order valence-corrected chi connectivity index (χ0v) is 9.14. The average molecular weight is 215 g/mol. The van der Waals surface area contributed by atoms with Gasteiger partial charge in [-0.1, -0.05) is 18.2 Å². The van der Waals surface area contributed by atoms with Crippen LogP contribution in [0.2, 0.25) is 0 Å². The molecule has 3 heteroatoms. The monoisotopic (exact) mass is 215 g/mol. The van der Waals surface area contributed by atoms with Gasteiger partial charge in [0.25, 0.3) is 0 Å². The highest BCUT2D eigenvalue weighted by Crippen LogP contribution is 2.22. The second-order valence-corrected chi connectivity index (χ2v) is 3.36. The summed E-state index contributed by atoms with van der Waals surface area (Å²) in [6.45, 7) is 5.00. The maximum absolute atomic E-state index is 10.9. The Kier molecular flexibility index (Phi) is 4.28. The van der Waals surface area contributed by atoms with E-state index in [0.29, 0.717) is 12.0 Å². The summed E-state index contributed by atoms with van der Waals surface area (Å²) in [7, 11) is 0. The third-order valence-corrected chi connectivity index (χ3v) is 2.10. The first-order valence-electron chi connectivity index (χ1n) is 4.95. The summed E-state index contributed by atoms with van der Waals surface area (Å²) in [5, 5.41) is 8.66. The van der Waals surface area contributed by atoms with Crippen LogP contribution in [0.4, 0.5) is 0 Å². The van der Waals surface area contributed by atoms with Gasteiger partial charge in [-0.05, 0) is 17.7 Å². The van der Waals surface area contributed by atoms with Gasteiger partial charge in [0.2, 0.25) is 0 Å². The third kappa shape index (κ3) is 3.25. The maximum Gasteiger partial charge on any atom is 0.303 e. The molecule has 16 heavy (non-hydrogen) atoms. The second kappa shape index (κ2) is 5.72. The SMILES string of the molecule is C=CCC(OC(C)=O)c1ccc(C#N)cc1. The van der Waals surface area contributed by atoms with Crippen LogP contribution in [0, 0.1) is 11.3 Å². The topological polar surface area (TPSA) is 50.1 Å². The van der Waals surface area contributed by atoms with Crippen molar-refractivity contribution in [3.05, 3.63) is 48.0 Å². The summed E-state index contributed by atoms with van der Waals surface area (Å²) >= 11 is 0. The Balaban J connectivity index is 2.88. The number of nitrogens with zero attached hydrogens (tertiary/aromatic N) is 1. The van der Waals surface area contributed by atoms with E-state index < -0.39 is 0 Å². The molecule has 0 spiro atoms. The van der Waals surface area contributed by atoms with E-state index in [1.54, 1.807) is 30.3 Å². The number of ether oxygens (including phenoxy) is 1. The number of carbonyl (C=O) groups is 1. The molecule has 0 saturated carbocycles. The molecule has 3 nitrogen and oxygen atoms in total. The number of hydrogen-bond donors (Lipinski definition) is 0. The fourth-order valence-corrected chi connectivity index (χ4v) is 1.38. The van der Waals surface area contributed by atoms with E-state index in [1.807, 2.05) is 6.07 Å². The normalized spacial score (nSPS) is 11.2. The second-order valence-electron chi connectivity index (χ2n) is 3.36. The largest absolute Gasteiger partial charge is 0.457 e. The van der Waals surface area contributed by atoms with Crippen LogP contribution < -0.4 is 0 Å². The number of nitriles is 1. The molecule has 0 aliphatic heterocycles. The summed E-state index contributed by atoms with van der Waals surface area (Å²) < 4.78 is 5.16. The van der Waals surface area contributed by atoms with Gasteiger partial charge in [0.15, 0.2) is 0 Å². The summed E-state index contributed by atoms with van der Waals surface area (Å²) in [4.78, 5) is 10.9. The minimum absolute atomic E-state index is 0.317. The number of hydrogen-bond acceptors (Lipinski definition) is 3. The van der Waals surface area contributed by atoms with E-state index in [9.17, 15) is 4.79 Å². The smallest absolute Gasteiger partial charge is 0.303 e. The summed E-state index contributed by atoms with van der Waals surface area (Å²) in [6.07, 6.45) is 1.94. The predicted molar refractivity (Wildman–Crippen MR) is 60.5 cm³/mol. The van der Waals surface area contributed by atoms with Gasteiger partial charge in [-0.15, -0.1) is 6.58 Å². The fraction of sp³-hybridized carbons (Fsp3) is 0.231. The molecule has 0 aromatic heterocycles. The van der Waals surface area contributed by atoms with Crippen LogP contribution in [0.5, 0.6) is 0 Å². The first-order chi connectivity index (χ1) is 7.67. The molecule has 0 amide bonds. The van der Waals surface area contributed by atoms with E-state index in [2.05, 4.69) is 6.58 Å². The van der Waals surface area contributed by atoms with Crippen LogP contribution in [0.1, 0.15) is 30.6 Å². The van der Waals surface area contributed by atoms with Crippen molar-refractivity contribution in [3.63, 3.8) is 0 Å². The number of benzene rings is 1. The number of esters is 1. The van der Waals surface area contributed by atoms with Gasteiger partial charge < -0.3 is 4.74 Å². The number of rotatable bonds is 4. The molecule has 0 fully saturated rings. The first kappa shape index (κ1) is 12.0. The Bertz CT molecular complexity index is 415. The van der Waals surface area contributed by atoms with Crippen molar-refractivity contribution in [1.82, 2.24) is 0 Å². The average Bonchev–Trinajstić information content (AvgIpc) is 2.28. The van der Waals surface area contributed by atoms with Crippen molar-refractivity contribution >= 4 is 5.97 Å². The van der Waals surface area contributed by atoms with Gasteiger partial charge >= 0.3 is 5.97 Å². The van der Waals surface area contributed by atoms with Gasteiger partial charge in [0.1, 0.15) is 6.10 Å². The van der Waals surface area contributed by atoms with Crippen LogP contribution in [0.3, 0.4) is 0 Å². The van der Waals surface area contributed by atoms with Crippen molar-refractivity contribution in [1.29, 1.82) is 5.26 Å². The van der Waals surface area contributed by atoms with Gasteiger partial charge in [0, 0.05) is 13.3 Å². The van der Waals surface area contributed by atoms with Gasteiger partial charge in [-0.2, -0.15) is 5.26 Å². The molecule has 1 atom stereocenters. The van der Waals surface area contributed by atoms with Crippen LogP contribution in [0.15, 0.2) is 36.9 Å². The van der Waals surface area contributed by atoms with Gasteiger partial charge in [0.05, 0.1) is 11.6 Å². The molecule has 82 valence electrons. The van der Waals surface area contributed by atoms with Crippen LogP contribution in [-0.4, -0.2) is 5.97 Å². The van der Waals surface area contributed by atoms with Crippen molar-refractivity contribution in [2.75, 3.05) is 0 Å². The van der Waals surface area contributed by atoms with E-state index in [1.165, 1.54) is 6.92 Å². The van der Waals surface area contributed by atoms with E-state index in [4.69, 9.17) is 10.00 Å². The molecule has 0 aliphatic rings. The van der Waals surface area contributed by atoms with Crippen molar-refractivity contribution < 1.29 is 9.53 Å². The Morgan fingerprint density at radius 2 is 2.19 bits per heavy atom. The van der Waals surface area contributed by atoms with Crippen molar-refractivity contribution in [2.45, 2.75) is 19.4 Å². The van der Waals surface area contributed by atoms with Crippen LogP contribution in [-0.2, 0) is 9.53 Å². The van der Waals surface area contributed by atoms with Crippen LogP contribution in [0.25, 0.3) is 0 Å². The van der Waals surface area contributed by atoms with Crippen molar-refractivity contribution in [2.24, 2.45) is 0 Å². The Labute approximate surface area is 95.0 Å². The lowest BCUT2D eigenvalue weighted by atomic mass is 10.0. The van der Waals surface area contributed by atoms with Crippen LogP contribution >= 0.6 is 0 Å². The molecule has 1 rings (SSSR count). The highest BCUT2D eigenvalue weighted by Gasteiger charge is 2.12. The summed E-state index contributed by atoms with van der Waals surface area (Å²) in [6, 6.07) is 9.02. The molecule has 0 aliphatic carbocycles. The molecule has 0 radical (unpaired) electrons.